The Morgan fingerprint density at radius 3 is 1.17 bits per heavy atom. The molecule has 2 nitrogen and oxygen atoms in total. The summed E-state index contributed by atoms with van der Waals surface area (Å²) in [6.07, 6.45) is 0. The molecule has 2 aromatic rings. The van der Waals surface area contributed by atoms with Crippen LogP contribution in [0.5, 0.6) is 0 Å². The predicted octanol–water partition coefficient (Wildman–Crippen LogP) is 9.17. The number of hydrogen-bond donors (Lipinski definition) is 0. The lowest BCUT2D eigenvalue weighted by Crippen LogP contribution is -2.63. The number of hydrogen-bond acceptors (Lipinski definition) is 2. The Morgan fingerprint density at radius 1 is 0.439 bits per heavy atom. The summed E-state index contributed by atoms with van der Waals surface area (Å²) in [5.41, 5.74) is 9.12. The van der Waals surface area contributed by atoms with E-state index in [0.29, 0.717) is 13.2 Å². The monoisotopic (exact) mass is 592 g/mol. The zero-order valence-corrected chi connectivity index (χ0v) is 25.5. The molecule has 2 aromatic carbocycles. The van der Waals surface area contributed by atoms with Crippen molar-refractivity contribution in [3.63, 3.8) is 0 Å². The van der Waals surface area contributed by atoms with Crippen LogP contribution in [0.15, 0.2) is 121 Å². The van der Waals surface area contributed by atoms with Gasteiger partial charge in [-0.25, -0.2) is 0 Å². The number of halogens is 2. The third-order valence-corrected chi connectivity index (χ3v) is 11.7. The van der Waals surface area contributed by atoms with E-state index in [4.69, 9.17) is 32.1 Å². The smallest absolute Gasteiger partial charge is 0.388 e. The first kappa shape index (κ1) is 27.7. The average molecular weight is 594 g/mol. The standard InChI is InChI=1S/C36H30Cl2O2Si/c1-3-39-41(40-4-2,35-23-21-31-29(9-5-7-11-33(31)35)25-13-17-27(37)18-14-25)36-24-22-32-30(10-6-8-12-34(32)36)26-15-19-28(38)20-16-26/h5-24H,3-4H2,1-2H3. The average Bonchev–Trinajstić information content (AvgIpc) is 3.46. The maximum absolute atomic E-state index is 6.84. The predicted molar refractivity (Wildman–Crippen MR) is 175 cm³/mol. The molecule has 0 fully saturated rings. The van der Waals surface area contributed by atoms with Gasteiger partial charge in [0, 0.05) is 33.6 Å². The van der Waals surface area contributed by atoms with Gasteiger partial charge in [-0.15, -0.1) is 0 Å². The molecule has 0 saturated heterocycles. The van der Waals surface area contributed by atoms with Crippen molar-refractivity contribution in [1.29, 1.82) is 0 Å². The van der Waals surface area contributed by atoms with Crippen molar-refractivity contribution >= 4 is 42.1 Å². The van der Waals surface area contributed by atoms with Crippen LogP contribution in [0.3, 0.4) is 0 Å². The van der Waals surface area contributed by atoms with E-state index >= 15 is 0 Å². The number of rotatable bonds is 8. The van der Waals surface area contributed by atoms with Crippen molar-refractivity contribution in [2.24, 2.45) is 0 Å². The zero-order chi connectivity index (χ0) is 28.4. The molecule has 0 heterocycles. The lowest BCUT2D eigenvalue weighted by molar-refractivity contribution is 0.209. The first-order valence-electron chi connectivity index (χ1n) is 13.9. The highest BCUT2D eigenvalue weighted by atomic mass is 35.5. The Kier molecular flexibility index (Phi) is 7.98. The van der Waals surface area contributed by atoms with Crippen molar-refractivity contribution < 1.29 is 8.85 Å². The Bertz CT molecular complexity index is 1600. The minimum atomic E-state index is -3.15. The van der Waals surface area contributed by atoms with Crippen LogP contribution in [0.25, 0.3) is 44.5 Å². The van der Waals surface area contributed by atoms with Gasteiger partial charge in [0.05, 0.1) is 0 Å². The van der Waals surface area contributed by atoms with Crippen LogP contribution < -0.4 is 10.4 Å². The Hall–Kier alpha value is -3.44. The van der Waals surface area contributed by atoms with Gasteiger partial charge in [0.2, 0.25) is 0 Å². The molecule has 0 aliphatic heterocycles. The van der Waals surface area contributed by atoms with Crippen LogP contribution in [0, 0.1) is 0 Å². The maximum atomic E-state index is 6.84. The molecule has 0 aromatic heterocycles. The maximum Gasteiger partial charge on any atom is 0.408 e. The van der Waals surface area contributed by atoms with Gasteiger partial charge < -0.3 is 8.85 Å². The summed E-state index contributed by atoms with van der Waals surface area (Å²) in [6, 6.07) is 42.0. The van der Waals surface area contributed by atoms with Crippen LogP contribution in [-0.2, 0) is 8.85 Å². The van der Waals surface area contributed by atoms with Crippen molar-refractivity contribution in [2.75, 3.05) is 13.2 Å². The summed E-state index contributed by atoms with van der Waals surface area (Å²) in [5, 5.41) is 3.69. The largest absolute Gasteiger partial charge is 0.408 e. The van der Waals surface area contributed by atoms with Crippen molar-refractivity contribution in [1.82, 2.24) is 0 Å². The fourth-order valence-electron chi connectivity index (χ4n) is 5.84. The fourth-order valence-corrected chi connectivity index (χ4v) is 9.65. The summed E-state index contributed by atoms with van der Waals surface area (Å²) in [5.74, 6) is 0. The molecule has 4 aliphatic rings. The highest BCUT2D eigenvalue weighted by molar-refractivity contribution is 6.94. The summed E-state index contributed by atoms with van der Waals surface area (Å²) >= 11 is 12.4. The topological polar surface area (TPSA) is 18.5 Å². The highest BCUT2D eigenvalue weighted by Gasteiger charge is 2.47. The molecule has 4 aliphatic carbocycles. The highest BCUT2D eigenvalue weighted by Crippen LogP contribution is 2.38. The second kappa shape index (κ2) is 11.8. The molecule has 5 heteroatoms. The molecule has 0 bridgehead atoms. The Labute approximate surface area is 253 Å². The Balaban J connectivity index is 1.55. The van der Waals surface area contributed by atoms with E-state index in [1.54, 1.807) is 0 Å². The lowest BCUT2D eigenvalue weighted by Gasteiger charge is -2.31. The van der Waals surface area contributed by atoms with Crippen LogP contribution >= 0.6 is 23.2 Å². The molecule has 0 spiro atoms. The van der Waals surface area contributed by atoms with Crippen LogP contribution in [0.2, 0.25) is 10.0 Å². The molecule has 204 valence electrons. The molecule has 0 unspecified atom stereocenters. The Morgan fingerprint density at radius 2 is 0.805 bits per heavy atom. The van der Waals surface area contributed by atoms with Gasteiger partial charge in [-0.2, -0.15) is 0 Å². The zero-order valence-electron chi connectivity index (χ0n) is 23.0. The van der Waals surface area contributed by atoms with Gasteiger partial charge in [0.25, 0.3) is 0 Å². The van der Waals surface area contributed by atoms with E-state index < -0.39 is 8.56 Å². The molecule has 0 atom stereocenters. The summed E-state index contributed by atoms with van der Waals surface area (Å²) in [7, 11) is -3.15. The van der Waals surface area contributed by atoms with Crippen LogP contribution in [-0.4, -0.2) is 21.8 Å². The van der Waals surface area contributed by atoms with E-state index in [-0.39, 0.29) is 0 Å². The molecule has 0 saturated carbocycles. The quantitative estimate of drug-likeness (QED) is 0.164. The first-order chi connectivity index (χ1) is 20.1. The number of fused-ring (bicyclic) bond motifs is 2. The van der Waals surface area contributed by atoms with Crippen molar-refractivity contribution in [3.8, 4) is 44.5 Å². The minimum absolute atomic E-state index is 0.539. The van der Waals surface area contributed by atoms with Gasteiger partial charge in [-0.05, 0) is 82.6 Å². The van der Waals surface area contributed by atoms with E-state index in [0.717, 1.165) is 64.9 Å². The molecule has 6 rings (SSSR count). The third kappa shape index (κ3) is 5.10. The molecule has 0 amide bonds. The van der Waals surface area contributed by atoms with E-state index in [1.165, 1.54) is 0 Å². The molecular formula is C36H30Cl2O2Si. The fraction of sp³-hybridized carbons (Fsp3) is 0.111. The summed E-state index contributed by atoms with van der Waals surface area (Å²) in [4.78, 5) is 0. The summed E-state index contributed by atoms with van der Waals surface area (Å²) < 4.78 is 13.7. The second-order valence-corrected chi connectivity index (χ2v) is 13.7. The van der Waals surface area contributed by atoms with Gasteiger partial charge >= 0.3 is 8.56 Å². The van der Waals surface area contributed by atoms with Gasteiger partial charge in [0.1, 0.15) is 0 Å². The van der Waals surface area contributed by atoms with Crippen LogP contribution in [0.4, 0.5) is 0 Å². The summed E-state index contributed by atoms with van der Waals surface area (Å²) in [6.45, 7) is 5.18. The first-order valence-corrected chi connectivity index (χ1v) is 16.5. The SMILES string of the molecule is CCO[Si](OCC)(c1ccc2c(-c3ccc(Cl)cc3)ccccc1-2)c1ccc2c(-c3ccc(Cl)cc3)ccccc1-2. The molecule has 41 heavy (non-hydrogen) atoms. The van der Waals surface area contributed by atoms with Crippen LogP contribution in [0.1, 0.15) is 13.8 Å². The molecule has 0 N–H and O–H groups in total. The van der Waals surface area contributed by atoms with Crippen molar-refractivity contribution in [2.45, 2.75) is 13.8 Å². The van der Waals surface area contributed by atoms with E-state index in [1.807, 2.05) is 24.3 Å². The third-order valence-electron chi connectivity index (χ3n) is 7.56. The van der Waals surface area contributed by atoms with Gasteiger partial charge in [0.15, 0.2) is 0 Å². The molecular weight excluding hydrogens is 563 g/mol. The van der Waals surface area contributed by atoms with Gasteiger partial charge in [-0.3, -0.25) is 0 Å². The second-order valence-electron chi connectivity index (χ2n) is 9.91. The molecule has 0 radical (unpaired) electrons. The normalized spacial score (nSPS) is 11.8. The lowest BCUT2D eigenvalue weighted by atomic mass is 10.0. The van der Waals surface area contributed by atoms with Crippen molar-refractivity contribution in [3.05, 3.63) is 131 Å². The minimum Gasteiger partial charge on any atom is -0.388 e. The number of benzene rings is 2. The van der Waals surface area contributed by atoms with Gasteiger partial charge in [-0.1, -0.05) is 120 Å². The van der Waals surface area contributed by atoms with E-state index in [9.17, 15) is 0 Å². The van der Waals surface area contributed by atoms with E-state index in [2.05, 4.69) is 111 Å².